The van der Waals surface area contributed by atoms with Gasteiger partial charge in [-0.1, -0.05) is 6.92 Å². The highest BCUT2D eigenvalue weighted by Gasteiger charge is 2.40. The molecule has 1 amide bonds. The Labute approximate surface area is 109 Å². The van der Waals surface area contributed by atoms with E-state index in [0.717, 1.165) is 25.8 Å². The molecule has 0 bridgehead atoms. The van der Waals surface area contributed by atoms with Crippen LogP contribution < -0.4 is 10.6 Å². The Morgan fingerprint density at radius 2 is 2.06 bits per heavy atom. The van der Waals surface area contributed by atoms with Crippen LogP contribution in [0.2, 0.25) is 0 Å². The second-order valence-corrected chi connectivity index (χ2v) is 7.67. The summed E-state index contributed by atoms with van der Waals surface area (Å²) < 4.78 is 22.7. The summed E-state index contributed by atoms with van der Waals surface area (Å²) in [7, 11) is -2.86. The van der Waals surface area contributed by atoms with Crippen LogP contribution in [0.15, 0.2) is 0 Å². The van der Waals surface area contributed by atoms with Crippen molar-refractivity contribution in [1.29, 1.82) is 0 Å². The van der Waals surface area contributed by atoms with E-state index < -0.39 is 15.4 Å². The Hall–Kier alpha value is -0.620. The van der Waals surface area contributed by atoms with Gasteiger partial charge in [-0.15, -0.1) is 0 Å². The average molecular weight is 274 g/mol. The van der Waals surface area contributed by atoms with Crippen molar-refractivity contribution in [2.24, 2.45) is 0 Å². The van der Waals surface area contributed by atoms with Crippen molar-refractivity contribution in [3.8, 4) is 0 Å². The maximum absolute atomic E-state index is 12.3. The lowest BCUT2D eigenvalue weighted by Crippen LogP contribution is -2.56. The molecule has 2 aliphatic heterocycles. The molecule has 2 saturated heterocycles. The Bertz CT molecular complexity index is 399. The second kappa shape index (κ2) is 5.17. The number of hydrogen-bond acceptors (Lipinski definition) is 4. The van der Waals surface area contributed by atoms with Gasteiger partial charge in [0.25, 0.3) is 0 Å². The summed E-state index contributed by atoms with van der Waals surface area (Å²) in [6, 6.07) is 0.0202. The molecule has 18 heavy (non-hydrogen) atoms. The van der Waals surface area contributed by atoms with Gasteiger partial charge in [0, 0.05) is 6.04 Å². The van der Waals surface area contributed by atoms with Gasteiger partial charge in [0.1, 0.15) is 9.84 Å². The minimum atomic E-state index is -2.86. The number of carbonyl (C=O) groups excluding carboxylic acids is 1. The molecule has 0 aromatic heterocycles. The number of sulfone groups is 1. The maximum atomic E-state index is 12.3. The van der Waals surface area contributed by atoms with Gasteiger partial charge in [0.05, 0.1) is 17.0 Å². The minimum Gasteiger partial charge on any atom is -0.352 e. The highest BCUT2D eigenvalue weighted by molar-refractivity contribution is 7.91. The van der Waals surface area contributed by atoms with Crippen LogP contribution in [-0.2, 0) is 14.6 Å². The molecule has 5 nitrogen and oxygen atoms in total. The minimum absolute atomic E-state index is 0.0202. The van der Waals surface area contributed by atoms with E-state index in [1.807, 2.05) is 6.92 Å². The molecule has 0 aromatic rings. The zero-order valence-electron chi connectivity index (χ0n) is 10.9. The van der Waals surface area contributed by atoms with Crippen LogP contribution >= 0.6 is 0 Å². The van der Waals surface area contributed by atoms with E-state index in [-0.39, 0.29) is 23.5 Å². The van der Waals surface area contributed by atoms with Crippen molar-refractivity contribution in [3.63, 3.8) is 0 Å². The molecule has 2 aliphatic rings. The van der Waals surface area contributed by atoms with Crippen LogP contribution in [0.5, 0.6) is 0 Å². The molecule has 1 unspecified atom stereocenters. The molecule has 2 heterocycles. The van der Waals surface area contributed by atoms with Crippen molar-refractivity contribution in [3.05, 3.63) is 0 Å². The fourth-order valence-electron chi connectivity index (χ4n) is 2.82. The summed E-state index contributed by atoms with van der Waals surface area (Å²) in [6.07, 6.45) is 3.78. The summed E-state index contributed by atoms with van der Waals surface area (Å²) in [5.74, 6) is 0.446. The lowest BCUT2D eigenvalue weighted by molar-refractivity contribution is -0.128. The van der Waals surface area contributed by atoms with Crippen LogP contribution in [0.25, 0.3) is 0 Å². The molecule has 2 fully saturated rings. The summed E-state index contributed by atoms with van der Waals surface area (Å²) >= 11 is 0. The molecule has 0 radical (unpaired) electrons. The third-order valence-corrected chi connectivity index (χ3v) is 5.89. The molecule has 104 valence electrons. The molecule has 0 aliphatic carbocycles. The van der Waals surface area contributed by atoms with Crippen LogP contribution in [-0.4, -0.2) is 44.0 Å². The SMILES string of the molecule is CCC1(C(=O)NC2CCS(=O)(=O)CC2)CCCN1. The molecular formula is C12H22N2O3S. The van der Waals surface area contributed by atoms with Gasteiger partial charge < -0.3 is 10.6 Å². The van der Waals surface area contributed by atoms with Gasteiger partial charge in [0.15, 0.2) is 0 Å². The lowest BCUT2D eigenvalue weighted by atomic mass is 9.92. The molecule has 1 atom stereocenters. The van der Waals surface area contributed by atoms with Crippen LogP contribution in [0, 0.1) is 0 Å². The third-order valence-electron chi connectivity index (χ3n) is 4.17. The maximum Gasteiger partial charge on any atom is 0.240 e. The molecule has 0 spiro atoms. The average Bonchev–Trinajstić information content (AvgIpc) is 2.82. The van der Waals surface area contributed by atoms with Gasteiger partial charge in [-0.05, 0) is 38.6 Å². The Balaban J connectivity index is 1.92. The van der Waals surface area contributed by atoms with Gasteiger partial charge in [-0.3, -0.25) is 4.79 Å². The predicted octanol–water partition coefficient (Wildman–Crippen LogP) is 0.212. The second-order valence-electron chi connectivity index (χ2n) is 5.37. The van der Waals surface area contributed by atoms with Crippen molar-refractivity contribution in [1.82, 2.24) is 10.6 Å². The van der Waals surface area contributed by atoms with Gasteiger partial charge in [-0.25, -0.2) is 8.42 Å². The molecular weight excluding hydrogens is 252 g/mol. The smallest absolute Gasteiger partial charge is 0.240 e. The first-order valence-electron chi connectivity index (χ1n) is 6.74. The van der Waals surface area contributed by atoms with Crippen molar-refractivity contribution >= 4 is 15.7 Å². The van der Waals surface area contributed by atoms with E-state index in [2.05, 4.69) is 10.6 Å². The normalized spacial score (nSPS) is 32.3. The monoisotopic (exact) mass is 274 g/mol. The quantitative estimate of drug-likeness (QED) is 0.771. The summed E-state index contributed by atoms with van der Waals surface area (Å²) in [5.41, 5.74) is -0.420. The Morgan fingerprint density at radius 3 is 2.56 bits per heavy atom. The number of rotatable bonds is 3. The van der Waals surface area contributed by atoms with E-state index >= 15 is 0 Å². The van der Waals surface area contributed by atoms with Gasteiger partial charge in [0.2, 0.25) is 5.91 Å². The summed E-state index contributed by atoms with van der Waals surface area (Å²) in [6.45, 7) is 2.91. The van der Waals surface area contributed by atoms with E-state index in [1.165, 1.54) is 0 Å². The van der Waals surface area contributed by atoms with Crippen LogP contribution in [0.4, 0.5) is 0 Å². The fraction of sp³-hybridized carbons (Fsp3) is 0.917. The summed E-state index contributed by atoms with van der Waals surface area (Å²) in [5, 5.41) is 6.32. The fourth-order valence-corrected chi connectivity index (χ4v) is 4.31. The van der Waals surface area contributed by atoms with Crippen molar-refractivity contribution < 1.29 is 13.2 Å². The van der Waals surface area contributed by atoms with E-state index in [9.17, 15) is 13.2 Å². The molecule has 2 N–H and O–H groups in total. The van der Waals surface area contributed by atoms with Crippen LogP contribution in [0.1, 0.15) is 39.0 Å². The standard InChI is InChI=1S/C12H22N2O3S/c1-2-12(6-3-7-13-12)11(15)14-10-4-8-18(16,17)9-5-10/h10,13H,2-9H2,1H3,(H,14,15). The number of hydrogen-bond donors (Lipinski definition) is 2. The van der Waals surface area contributed by atoms with Crippen molar-refractivity contribution in [2.45, 2.75) is 50.6 Å². The highest BCUT2D eigenvalue weighted by atomic mass is 32.2. The molecule has 6 heteroatoms. The Morgan fingerprint density at radius 1 is 1.39 bits per heavy atom. The molecule has 0 saturated carbocycles. The largest absolute Gasteiger partial charge is 0.352 e. The topological polar surface area (TPSA) is 75.3 Å². The third kappa shape index (κ3) is 2.85. The first kappa shape index (κ1) is 13.8. The zero-order valence-corrected chi connectivity index (χ0v) is 11.7. The van der Waals surface area contributed by atoms with Crippen molar-refractivity contribution in [2.75, 3.05) is 18.1 Å². The van der Waals surface area contributed by atoms with E-state index in [4.69, 9.17) is 0 Å². The zero-order chi connectivity index (χ0) is 13.2. The number of carbonyl (C=O) groups is 1. The molecule has 0 aromatic carbocycles. The van der Waals surface area contributed by atoms with Crippen LogP contribution in [0.3, 0.4) is 0 Å². The van der Waals surface area contributed by atoms with Gasteiger partial charge in [-0.2, -0.15) is 0 Å². The first-order valence-corrected chi connectivity index (χ1v) is 8.56. The predicted molar refractivity (Wildman–Crippen MR) is 70.1 cm³/mol. The molecule has 2 rings (SSSR count). The first-order chi connectivity index (χ1) is 8.47. The summed E-state index contributed by atoms with van der Waals surface area (Å²) in [4.78, 5) is 12.3. The van der Waals surface area contributed by atoms with E-state index in [1.54, 1.807) is 0 Å². The lowest BCUT2D eigenvalue weighted by Gasteiger charge is -2.31. The van der Waals surface area contributed by atoms with Gasteiger partial charge >= 0.3 is 0 Å². The number of nitrogens with one attached hydrogen (secondary N) is 2. The number of amides is 1. The van der Waals surface area contributed by atoms with E-state index in [0.29, 0.717) is 12.8 Å². The Kier molecular flexibility index (Phi) is 3.96. The highest BCUT2D eigenvalue weighted by Crippen LogP contribution is 2.24.